The van der Waals surface area contributed by atoms with Crippen molar-refractivity contribution in [1.29, 1.82) is 0 Å². The number of ether oxygens (including phenoxy) is 3. The van der Waals surface area contributed by atoms with Crippen molar-refractivity contribution in [2.45, 2.75) is 315 Å². The lowest BCUT2D eigenvalue weighted by Crippen LogP contribution is -2.30. The SMILES string of the molecule is CCCCC/C=C\C/C=C\CCCCCCCCCCCC(=O)OC(COC(=O)CCCCCCC/C=C\C/C=C\CCCCC)COP(=O)(O)OCC(CO)OC(=O)CCCCCCCCCCCCCCCCC. The number of phosphoric ester groups is 1. The number of aliphatic hydroxyl groups is 1. The Hall–Kier alpha value is -2.56. The van der Waals surface area contributed by atoms with Crippen LogP contribution in [0.25, 0.3) is 0 Å². The van der Waals surface area contributed by atoms with Gasteiger partial charge < -0.3 is 24.2 Å². The lowest BCUT2D eigenvalue weighted by molar-refractivity contribution is -0.161. The number of carbonyl (C=O) groups is 3. The van der Waals surface area contributed by atoms with Gasteiger partial charge in [0.25, 0.3) is 0 Å². The normalized spacial score (nSPS) is 13.6. The van der Waals surface area contributed by atoms with Crippen LogP contribution in [0.1, 0.15) is 303 Å². The molecule has 0 fully saturated rings. The Balaban J connectivity index is 4.70. The Morgan fingerprint density at radius 3 is 1.00 bits per heavy atom. The van der Waals surface area contributed by atoms with Crippen LogP contribution in [0.15, 0.2) is 48.6 Å². The molecule has 0 amide bonds. The fourth-order valence-corrected chi connectivity index (χ4v) is 9.67. The molecule has 12 heteroatoms. The number of rotatable bonds is 59. The smallest absolute Gasteiger partial charge is 0.462 e. The third-order valence-corrected chi connectivity index (χ3v) is 14.7. The summed E-state index contributed by atoms with van der Waals surface area (Å²) in [5.41, 5.74) is 0. The third-order valence-electron chi connectivity index (χ3n) is 13.7. The maximum atomic E-state index is 12.9. The predicted octanol–water partition coefficient (Wildman–Crippen LogP) is 18.9. The summed E-state index contributed by atoms with van der Waals surface area (Å²) in [5.74, 6) is -1.47. The molecule has 0 bridgehead atoms. The van der Waals surface area contributed by atoms with E-state index in [-0.39, 0.29) is 25.9 Å². The summed E-state index contributed by atoms with van der Waals surface area (Å²) in [7, 11) is -4.75. The highest BCUT2D eigenvalue weighted by molar-refractivity contribution is 7.47. The average molecular weight is 1090 g/mol. The summed E-state index contributed by atoms with van der Waals surface area (Å²) < 4.78 is 39.6. The molecule has 3 unspecified atom stereocenters. The van der Waals surface area contributed by atoms with E-state index in [0.29, 0.717) is 19.3 Å². The highest BCUT2D eigenvalue weighted by Gasteiger charge is 2.28. The fourth-order valence-electron chi connectivity index (χ4n) is 8.89. The van der Waals surface area contributed by atoms with Crippen LogP contribution in [0, 0.1) is 0 Å². The number of aliphatic hydroxyl groups excluding tert-OH is 1. The number of carbonyl (C=O) groups excluding carboxylic acids is 3. The summed E-state index contributed by atoms with van der Waals surface area (Å²) in [4.78, 5) is 48.7. The molecule has 444 valence electrons. The minimum Gasteiger partial charge on any atom is -0.462 e. The van der Waals surface area contributed by atoms with Crippen LogP contribution in [0.5, 0.6) is 0 Å². The summed E-state index contributed by atoms with van der Waals surface area (Å²) in [6.45, 7) is 4.63. The van der Waals surface area contributed by atoms with Gasteiger partial charge in [0.2, 0.25) is 0 Å². The molecule has 2 N–H and O–H groups in total. The maximum Gasteiger partial charge on any atom is 0.472 e. The lowest BCUT2D eigenvalue weighted by atomic mass is 10.0. The van der Waals surface area contributed by atoms with E-state index >= 15 is 0 Å². The van der Waals surface area contributed by atoms with Gasteiger partial charge in [0.05, 0.1) is 19.8 Å². The Bertz CT molecular complexity index is 1460. The van der Waals surface area contributed by atoms with Gasteiger partial charge in [-0.2, -0.15) is 0 Å². The quantitative estimate of drug-likeness (QED) is 0.0197. The highest BCUT2D eigenvalue weighted by atomic mass is 31.2. The topological polar surface area (TPSA) is 155 Å². The van der Waals surface area contributed by atoms with Gasteiger partial charge >= 0.3 is 25.7 Å². The highest BCUT2D eigenvalue weighted by Crippen LogP contribution is 2.43. The summed E-state index contributed by atoms with van der Waals surface area (Å²) >= 11 is 0. The summed E-state index contributed by atoms with van der Waals surface area (Å²) in [6.07, 6.45) is 63.4. The lowest BCUT2D eigenvalue weighted by Gasteiger charge is -2.21. The van der Waals surface area contributed by atoms with Crippen molar-refractivity contribution in [1.82, 2.24) is 0 Å². The number of phosphoric acid groups is 1. The molecule has 0 aromatic carbocycles. The van der Waals surface area contributed by atoms with Crippen LogP contribution >= 0.6 is 7.82 Å². The van der Waals surface area contributed by atoms with Crippen LogP contribution < -0.4 is 0 Å². The molecule has 0 radical (unpaired) electrons. The summed E-state index contributed by atoms with van der Waals surface area (Å²) in [5, 5.41) is 9.84. The number of esters is 3. The van der Waals surface area contributed by atoms with E-state index in [0.717, 1.165) is 96.3 Å². The molecule has 76 heavy (non-hydrogen) atoms. The van der Waals surface area contributed by atoms with E-state index in [1.807, 2.05) is 0 Å². The second-order valence-electron chi connectivity index (χ2n) is 21.2. The first kappa shape index (κ1) is 73.4. The van der Waals surface area contributed by atoms with E-state index in [9.17, 15) is 28.9 Å². The minimum atomic E-state index is -4.75. The molecule has 0 saturated heterocycles. The maximum absolute atomic E-state index is 12.9. The van der Waals surface area contributed by atoms with Crippen molar-refractivity contribution in [3.05, 3.63) is 48.6 Å². The molecular weight excluding hydrogens is 976 g/mol. The molecule has 0 aromatic rings. The largest absolute Gasteiger partial charge is 0.472 e. The first-order valence-corrected chi connectivity index (χ1v) is 33.0. The molecule has 0 aliphatic rings. The van der Waals surface area contributed by atoms with E-state index in [2.05, 4.69) is 69.4 Å². The molecule has 0 saturated carbocycles. The molecular formula is C64H117O11P. The molecule has 0 spiro atoms. The molecule has 11 nitrogen and oxygen atoms in total. The standard InChI is InChI=1S/C64H117O11P/c1-4-7-10-13-16-19-22-25-28-29-30-31-34-37-40-43-46-49-52-55-64(68)75-61(57-71-62(66)53-50-47-44-41-38-35-32-26-23-20-17-14-11-8-5-2)59-73-76(69,70)72-58-60(56-65)74-63(67)54-51-48-45-42-39-36-33-27-24-21-18-15-12-9-6-3/h16-17,19-20,25-26,28,32,60-61,65H,4-15,18,21-24,27,29-31,33-59H2,1-3H3,(H,69,70)/b19-16-,20-17-,28-25-,32-26-. The van der Waals surface area contributed by atoms with Gasteiger partial charge in [-0.25, -0.2) is 4.57 Å². The van der Waals surface area contributed by atoms with Crippen LogP contribution in [0.2, 0.25) is 0 Å². The third kappa shape index (κ3) is 56.2. The van der Waals surface area contributed by atoms with Crippen molar-refractivity contribution in [3.63, 3.8) is 0 Å². The fraction of sp³-hybridized carbons (Fsp3) is 0.828. The summed E-state index contributed by atoms with van der Waals surface area (Å²) in [6, 6.07) is 0. The average Bonchev–Trinajstić information content (AvgIpc) is 3.41. The monoisotopic (exact) mass is 1090 g/mol. The molecule has 0 aromatic heterocycles. The van der Waals surface area contributed by atoms with Gasteiger partial charge in [0, 0.05) is 19.3 Å². The van der Waals surface area contributed by atoms with Gasteiger partial charge in [-0.05, 0) is 83.5 Å². The molecule has 3 atom stereocenters. The van der Waals surface area contributed by atoms with Crippen molar-refractivity contribution in [2.24, 2.45) is 0 Å². The number of hydrogen-bond acceptors (Lipinski definition) is 10. The van der Waals surface area contributed by atoms with Gasteiger partial charge in [-0.1, -0.05) is 249 Å². The second-order valence-corrected chi connectivity index (χ2v) is 22.7. The van der Waals surface area contributed by atoms with E-state index in [1.165, 1.54) is 148 Å². The van der Waals surface area contributed by atoms with Crippen molar-refractivity contribution >= 4 is 25.7 Å². The van der Waals surface area contributed by atoms with E-state index in [1.54, 1.807) is 0 Å². The Morgan fingerprint density at radius 1 is 0.368 bits per heavy atom. The van der Waals surface area contributed by atoms with Crippen LogP contribution in [-0.4, -0.2) is 66.5 Å². The Labute approximate surface area is 466 Å². The van der Waals surface area contributed by atoms with Crippen LogP contribution in [-0.2, 0) is 42.2 Å². The van der Waals surface area contributed by atoms with Crippen molar-refractivity contribution in [2.75, 3.05) is 26.4 Å². The van der Waals surface area contributed by atoms with Crippen molar-refractivity contribution in [3.8, 4) is 0 Å². The first-order valence-electron chi connectivity index (χ1n) is 31.5. The van der Waals surface area contributed by atoms with E-state index < -0.39 is 57.8 Å². The Kier molecular flexibility index (Phi) is 56.6. The zero-order chi connectivity index (χ0) is 55.5. The molecule has 0 aliphatic heterocycles. The number of unbranched alkanes of at least 4 members (excludes halogenated alkanes) is 34. The predicted molar refractivity (Wildman–Crippen MR) is 316 cm³/mol. The zero-order valence-electron chi connectivity index (χ0n) is 49.2. The second kappa shape index (κ2) is 58.6. The van der Waals surface area contributed by atoms with Crippen molar-refractivity contribution < 1.29 is 52.2 Å². The molecule has 0 heterocycles. The van der Waals surface area contributed by atoms with Crippen LogP contribution in [0.3, 0.4) is 0 Å². The first-order chi connectivity index (χ1) is 37.2. The minimum absolute atomic E-state index is 0.162. The van der Waals surface area contributed by atoms with E-state index in [4.69, 9.17) is 23.3 Å². The molecule has 0 aliphatic carbocycles. The number of hydrogen-bond donors (Lipinski definition) is 2. The Morgan fingerprint density at radius 2 is 0.645 bits per heavy atom. The molecule has 0 rings (SSSR count). The van der Waals surface area contributed by atoms with Gasteiger partial charge in [0.1, 0.15) is 12.7 Å². The van der Waals surface area contributed by atoms with Crippen LogP contribution in [0.4, 0.5) is 0 Å². The zero-order valence-corrected chi connectivity index (χ0v) is 50.1. The number of allylic oxidation sites excluding steroid dienone is 8. The van der Waals surface area contributed by atoms with Gasteiger partial charge in [-0.15, -0.1) is 0 Å². The van der Waals surface area contributed by atoms with Gasteiger partial charge in [-0.3, -0.25) is 23.4 Å². The van der Waals surface area contributed by atoms with Gasteiger partial charge in [0.15, 0.2) is 6.10 Å².